The van der Waals surface area contributed by atoms with Gasteiger partial charge in [0, 0.05) is 10.7 Å². The van der Waals surface area contributed by atoms with Crippen molar-refractivity contribution in [2.75, 3.05) is 5.32 Å². The Labute approximate surface area is 107 Å². The quantitative estimate of drug-likeness (QED) is 0.922. The van der Waals surface area contributed by atoms with Gasteiger partial charge in [-0.1, -0.05) is 6.07 Å². The Morgan fingerprint density at radius 1 is 1.35 bits per heavy atom. The number of nitrogens with one attached hydrogen (secondary N) is 1. The molecule has 0 fully saturated rings. The van der Waals surface area contributed by atoms with Gasteiger partial charge in [-0.3, -0.25) is 0 Å². The average Bonchev–Trinajstić information content (AvgIpc) is 2.33. The highest BCUT2D eigenvalue weighted by Gasteiger charge is 2.03. The fourth-order valence-corrected chi connectivity index (χ4v) is 1.92. The molecular weight excluding hydrogens is 280 g/mol. The first-order valence-electron chi connectivity index (χ1n) is 4.95. The van der Waals surface area contributed by atoms with Crippen molar-refractivity contribution < 1.29 is 0 Å². The van der Waals surface area contributed by atoms with Crippen molar-refractivity contribution in [3.8, 4) is 6.07 Å². The second-order valence-corrected chi connectivity index (χ2v) is 4.34. The normalized spacial score (nSPS) is 9.71. The summed E-state index contributed by atoms with van der Waals surface area (Å²) in [5.41, 5.74) is 2.37. The molecule has 1 aromatic heterocycles. The number of rotatable bonds is 2. The van der Waals surface area contributed by atoms with Gasteiger partial charge in [-0.05, 0) is 46.6 Å². The zero-order valence-corrected chi connectivity index (χ0v) is 10.7. The Balaban J connectivity index is 2.28. The van der Waals surface area contributed by atoms with Gasteiger partial charge in [0.1, 0.15) is 11.8 Å². The van der Waals surface area contributed by atoms with Gasteiger partial charge in [0.05, 0.1) is 5.69 Å². The lowest BCUT2D eigenvalue weighted by Gasteiger charge is -2.07. The summed E-state index contributed by atoms with van der Waals surface area (Å²) in [6.45, 7) is 2.02. The summed E-state index contributed by atoms with van der Waals surface area (Å²) in [6.07, 6.45) is 1.55. The average molecular weight is 289 g/mol. The van der Waals surface area contributed by atoms with Crippen LogP contribution in [0.25, 0.3) is 0 Å². The number of hydrogen-bond donors (Lipinski definition) is 1. The number of benzene rings is 1. The van der Waals surface area contributed by atoms with Crippen molar-refractivity contribution in [2.24, 2.45) is 0 Å². The fraction of sp³-hybridized carbons (Fsp3) is 0.0833. The van der Waals surface area contributed by atoms with Crippen LogP contribution in [-0.2, 0) is 0 Å². The molecule has 1 heterocycles. The molecule has 0 saturated heterocycles. The summed E-state index contributed by atoms with van der Waals surface area (Å²) in [4.78, 5) is 8.10. The lowest BCUT2D eigenvalue weighted by molar-refractivity contribution is 1.14. The monoisotopic (exact) mass is 288 g/mol. The highest BCUT2D eigenvalue weighted by Crippen LogP contribution is 2.25. The third-order valence-corrected chi connectivity index (χ3v) is 2.80. The maximum atomic E-state index is 8.74. The zero-order valence-electron chi connectivity index (χ0n) is 9.11. The molecule has 4 nitrogen and oxygen atoms in total. The highest BCUT2D eigenvalue weighted by atomic mass is 79.9. The summed E-state index contributed by atoms with van der Waals surface area (Å²) in [5.74, 6) is 0.411. The van der Waals surface area contributed by atoms with E-state index in [1.54, 1.807) is 12.3 Å². The van der Waals surface area contributed by atoms with Crippen molar-refractivity contribution in [1.82, 2.24) is 9.97 Å². The predicted molar refractivity (Wildman–Crippen MR) is 68.9 cm³/mol. The molecule has 0 aliphatic carbocycles. The first-order valence-corrected chi connectivity index (χ1v) is 5.74. The van der Waals surface area contributed by atoms with E-state index in [1.807, 2.05) is 31.2 Å². The van der Waals surface area contributed by atoms with Crippen LogP contribution < -0.4 is 5.32 Å². The molecule has 2 rings (SSSR count). The molecule has 0 spiro atoms. The van der Waals surface area contributed by atoms with Crippen LogP contribution in [0.1, 0.15) is 11.3 Å². The number of anilines is 2. The van der Waals surface area contributed by atoms with Crippen LogP contribution >= 0.6 is 15.9 Å². The molecule has 1 aromatic carbocycles. The first-order chi connectivity index (χ1) is 8.19. The van der Waals surface area contributed by atoms with E-state index in [9.17, 15) is 0 Å². The number of aryl methyl sites for hydroxylation is 1. The summed E-state index contributed by atoms with van der Waals surface area (Å²) in [5, 5.41) is 11.8. The van der Waals surface area contributed by atoms with Gasteiger partial charge >= 0.3 is 0 Å². The molecule has 0 radical (unpaired) electrons. The van der Waals surface area contributed by atoms with Gasteiger partial charge in [0.15, 0.2) is 0 Å². The summed E-state index contributed by atoms with van der Waals surface area (Å²) in [7, 11) is 0. The smallest absolute Gasteiger partial charge is 0.228 e. The number of hydrogen-bond acceptors (Lipinski definition) is 4. The maximum Gasteiger partial charge on any atom is 0.228 e. The SMILES string of the molecule is Cc1ccc(Nc2nccc(C#N)n2)c(Br)c1. The number of aromatic nitrogens is 2. The van der Waals surface area contributed by atoms with E-state index in [2.05, 4.69) is 31.2 Å². The Morgan fingerprint density at radius 2 is 2.18 bits per heavy atom. The van der Waals surface area contributed by atoms with Crippen LogP contribution in [-0.4, -0.2) is 9.97 Å². The molecule has 84 valence electrons. The van der Waals surface area contributed by atoms with Gasteiger partial charge in [0.2, 0.25) is 5.95 Å². The summed E-state index contributed by atoms with van der Waals surface area (Å²) >= 11 is 3.46. The molecule has 5 heteroatoms. The molecule has 0 saturated carbocycles. The fourth-order valence-electron chi connectivity index (χ4n) is 1.32. The number of nitrogens with zero attached hydrogens (tertiary/aromatic N) is 3. The van der Waals surface area contributed by atoms with Gasteiger partial charge in [-0.15, -0.1) is 0 Å². The topological polar surface area (TPSA) is 61.6 Å². The standard InChI is InChI=1S/C12H9BrN4/c1-8-2-3-11(10(13)6-8)17-12-15-5-4-9(7-14)16-12/h2-6H,1H3,(H,15,16,17). The van der Waals surface area contributed by atoms with E-state index in [4.69, 9.17) is 5.26 Å². The number of halogens is 1. The lowest BCUT2D eigenvalue weighted by Crippen LogP contribution is -1.98. The van der Waals surface area contributed by atoms with Crippen LogP contribution in [0, 0.1) is 18.3 Å². The van der Waals surface area contributed by atoms with Crippen molar-refractivity contribution in [3.63, 3.8) is 0 Å². The molecule has 0 atom stereocenters. The van der Waals surface area contributed by atoms with E-state index in [0.29, 0.717) is 11.6 Å². The molecular formula is C12H9BrN4. The third-order valence-electron chi connectivity index (χ3n) is 2.14. The van der Waals surface area contributed by atoms with Gasteiger partial charge in [0.25, 0.3) is 0 Å². The molecule has 0 unspecified atom stereocenters. The molecule has 17 heavy (non-hydrogen) atoms. The second kappa shape index (κ2) is 4.93. The van der Waals surface area contributed by atoms with Crippen molar-refractivity contribution in [3.05, 3.63) is 46.2 Å². The minimum absolute atomic E-state index is 0.339. The second-order valence-electron chi connectivity index (χ2n) is 3.49. The lowest BCUT2D eigenvalue weighted by atomic mass is 10.2. The zero-order chi connectivity index (χ0) is 12.3. The van der Waals surface area contributed by atoms with Crippen molar-refractivity contribution >= 4 is 27.6 Å². The van der Waals surface area contributed by atoms with E-state index in [-0.39, 0.29) is 0 Å². The van der Waals surface area contributed by atoms with Gasteiger partial charge < -0.3 is 5.32 Å². The van der Waals surface area contributed by atoms with Crippen LogP contribution in [0.15, 0.2) is 34.9 Å². The molecule has 0 amide bonds. The number of nitriles is 1. The maximum absolute atomic E-state index is 8.74. The summed E-state index contributed by atoms with van der Waals surface area (Å²) < 4.78 is 0.934. The first kappa shape index (κ1) is 11.6. The Hall–Kier alpha value is -1.93. The van der Waals surface area contributed by atoms with Gasteiger partial charge in [-0.25, -0.2) is 9.97 Å². The molecule has 0 aliphatic heterocycles. The van der Waals surface area contributed by atoms with Crippen LogP contribution in [0.2, 0.25) is 0 Å². The van der Waals surface area contributed by atoms with Crippen LogP contribution in [0.5, 0.6) is 0 Å². The molecule has 0 bridgehead atoms. The van der Waals surface area contributed by atoms with Crippen molar-refractivity contribution in [2.45, 2.75) is 6.92 Å². The predicted octanol–water partition coefficient (Wildman–Crippen LogP) is 3.16. The molecule has 0 aliphatic rings. The van der Waals surface area contributed by atoms with Crippen LogP contribution in [0.4, 0.5) is 11.6 Å². The van der Waals surface area contributed by atoms with E-state index < -0.39 is 0 Å². The van der Waals surface area contributed by atoms with E-state index in [0.717, 1.165) is 15.7 Å². The Kier molecular flexibility index (Phi) is 3.35. The Bertz CT molecular complexity index is 589. The minimum Gasteiger partial charge on any atom is -0.323 e. The summed E-state index contributed by atoms with van der Waals surface area (Å²) in [6, 6.07) is 9.46. The Morgan fingerprint density at radius 3 is 2.88 bits per heavy atom. The van der Waals surface area contributed by atoms with Crippen molar-refractivity contribution in [1.29, 1.82) is 5.26 Å². The largest absolute Gasteiger partial charge is 0.323 e. The highest BCUT2D eigenvalue weighted by molar-refractivity contribution is 9.10. The van der Waals surface area contributed by atoms with Crippen LogP contribution in [0.3, 0.4) is 0 Å². The molecule has 2 aromatic rings. The molecule has 1 N–H and O–H groups in total. The van der Waals surface area contributed by atoms with E-state index in [1.165, 1.54) is 0 Å². The minimum atomic E-state index is 0.339. The van der Waals surface area contributed by atoms with E-state index >= 15 is 0 Å². The third kappa shape index (κ3) is 2.80. The van der Waals surface area contributed by atoms with Gasteiger partial charge in [-0.2, -0.15) is 5.26 Å².